The van der Waals surface area contributed by atoms with Crippen LogP contribution in [0.5, 0.6) is 5.75 Å². The Morgan fingerprint density at radius 2 is 2.18 bits per heavy atom. The van der Waals surface area contributed by atoms with Crippen LogP contribution in [0.2, 0.25) is 0 Å². The zero-order chi connectivity index (χ0) is 16.0. The lowest BCUT2D eigenvalue weighted by atomic mass is 9.86. The number of benzene rings is 1. The van der Waals surface area contributed by atoms with Crippen LogP contribution < -0.4 is 15.4 Å². The van der Waals surface area contributed by atoms with E-state index >= 15 is 0 Å². The summed E-state index contributed by atoms with van der Waals surface area (Å²) in [4.78, 5) is 11.9. The molecular formula is C17H26N2O3. The van der Waals surface area contributed by atoms with Crippen molar-refractivity contribution in [2.75, 3.05) is 32.9 Å². The largest absolute Gasteiger partial charge is 0.491 e. The van der Waals surface area contributed by atoms with Crippen molar-refractivity contribution in [2.45, 2.75) is 32.2 Å². The van der Waals surface area contributed by atoms with E-state index in [9.17, 15) is 4.79 Å². The molecule has 1 aliphatic rings. The smallest absolute Gasteiger partial charge is 0.239 e. The topological polar surface area (TPSA) is 59.6 Å². The van der Waals surface area contributed by atoms with Crippen LogP contribution in [0.4, 0.5) is 0 Å². The summed E-state index contributed by atoms with van der Waals surface area (Å²) < 4.78 is 11.1. The molecule has 5 nitrogen and oxygen atoms in total. The van der Waals surface area contributed by atoms with Gasteiger partial charge in [0.15, 0.2) is 0 Å². The van der Waals surface area contributed by atoms with Crippen molar-refractivity contribution < 1.29 is 14.3 Å². The monoisotopic (exact) mass is 306 g/mol. The van der Waals surface area contributed by atoms with Gasteiger partial charge in [0.2, 0.25) is 5.91 Å². The lowest BCUT2D eigenvalue weighted by molar-refractivity contribution is -0.126. The third kappa shape index (κ3) is 4.71. The van der Waals surface area contributed by atoms with Gasteiger partial charge in [-0.15, -0.1) is 0 Å². The zero-order valence-corrected chi connectivity index (χ0v) is 13.6. The van der Waals surface area contributed by atoms with Crippen LogP contribution >= 0.6 is 0 Å². The van der Waals surface area contributed by atoms with Crippen LogP contribution in [0.3, 0.4) is 0 Å². The minimum Gasteiger partial charge on any atom is -0.491 e. The Hall–Kier alpha value is -1.59. The Morgan fingerprint density at radius 3 is 2.86 bits per heavy atom. The zero-order valence-electron chi connectivity index (χ0n) is 13.6. The summed E-state index contributed by atoms with van der Waals surface area (Å²) in [6.07, 6.45) is 0. The van der Waals surface area contributed by atoms with Crippen LogP contribution in [0.15, 0.2) is 24.3 Å². The molecule has 1 amide bonds. The van der Waals surface area contributed by atoms with E-state index in [2.05, 4.69) is 37.5 Å². The summed E-state index contributed by atoms with van der Waals surface area (Å²) in [5.41, 5.74) is 1.20. The molecule has 1 aliphatic heterocycles. The van der Waals surface area contributed by atoms with E-state index in [0.29, 0.717) is 32.9 Å². The molecule has 1 aromatic rings. The first-order valence-corrected chi connectivity index (χ1v) is 7.79. The number of amides is 1. The summed E-state index contributed by atoms with van der Waals surface area (Å²) in [5, 5.41) is 6.00. The fourth-order valence-corrected chi connectivity index (χ4v) is 2.40. The quantitative estimate of drug-likeness (QED) is 0.809. The second kappa shape index (κ2) is 7.61. The Kier molecular flexibility index (Phi) is 5.80. The van der Waals surface area contributed by atoms with E-state index in [-0.39, 0.29) is 17.4 Å². The molecule has 122 valence electrons. The number of morpholine rings is 1. The second-order valence-corrected chi connectivity index (χ2v) is 6.47. The number of para-hydroxylation sites is 1. The number of rotatable bonds is 5. The molecule has 22 heavy (non-hydrogen) atoms. The number of hydrogen-bond donors (Lipinski definition) is 2. The van der Waals surface area contributed by atoms with Gasteiger partial charge in [-0.2, -0.15) is 0 Å². The van der Waals surface area contributed by atoms with Gasteiger partial charge in [0, 0.05) is 6.54 Å². The van der Waals surface area contributed by atoms with Crippen molar-refractivity contribution in [1.29, 1.82) is 0 Å². The lowest BCUT2D eigenvalue weighted by Gasteiger charge is -2.24. The number of hydrogen-bond acceptors (Lipinski definition) is 4. The maximum Gasteiger partial charge on any atom is 0.239 e. The third-order valence-electron chi connectivity index (χ3n) is 3.59. The van der Waals surface area contributed by atoms with Gasteiger partial charge >= 0.3 is 0 Å². The Labute approximate surface area is 132 Å². The molecule has 0 aromatic heterocycles. The number of carbonyl (C=O) groups excluding carboxylic acids is 1. The average molecular weight is 306 g/mol. The highest BCUT2D eigenvalue weighted by molar-refractivity contribution is 5.81. The van der Waals surface area contributed by atoms with Gasteiger partial charge in [-0.1, -0.05) is 39.0 Å². The minimum absolute atomic E-state index is 0.0309. The molecule has 1 saturated heterocycles. The standard InChI is InChI=1S/C17H26N2O3/c1-17(2,3)13-6-4-5-7-15(13)22-11-9-19-16(20)14-12-21-10-8-18-14/h4-7,14,18H,8-12H2,1-3H3,(H,19,20). The maximum atomic E-state index is 11.9. The summed E-state index contributed by atoms with van der Waals surface area (Å²) in [6.45, 7) is 9.22. The Bertz CT molecular complexity index is 491. The van der Waals surface area contributed by atoms with Crippen molar-refractivity contribution >= 4 is 5.91 Å². The van der Waals surface area contributed by atoms with Crippen LogP contribution in [0, 0.1) is 0 Å². The van der Waals surface area contributed by atoms with E-state index in [0.717, 1.165) is 5.75 Å². The summed E-state index contributed by atoms with van der Waals surface area (Å²) in [7, 11) is 0. The molecule has 0 spiro atoms. The highest BCUT2D eigenvalue weighted by Crippen LogP contribution is 2.30. The molecule has 5 heteroatoms. The molecule has 1 aromatic carbocycles. The van der Waals surface area contributed by atoms with Crippen molar-refractivity contribution in [3.63, 3.8) is 0 Å². The van der Waals surface area contributed by atoms with Crippen LogP contribution in [-0.2, 0) is 14.9 Å². The maximum absolute atomic E-state index is 11.9. The number of ether oxygens (including phenoxy) is 2. The number of carbonyl (C=O) groups is 1. The molecular weight excluding hydrogens is 280 g/mol. The van der Waals surface area contributed by atoms with Gasteiger partial charge in [-0.3, -0.25) is 4.79 Å². The van der Waals surface area contributed by atoms with Crippen molar-refractivity contribution in [3.8, 4) is 5.75 Å². The lowest BCUT2D eigenvalue weighted by Crippen LogP contribution is -2.51. The average Bonchev–Trinajstić information content (AvgIpc) is 2.51. The van der Waals surface area contributed by atoms with Gasteiger partial charge in [-0.05, 0) is 17.0 Å². The van der Waals surface area contributed by atoms with E-state index in [1.807, 2.05) is 18.2 Å². The minimum atomic E-state index is -0.254. The highest BCUT2D eigenvalue weighted by Gasteiger charge is 2.21. The molecule has 1 unspecified atom stereocenters. The van der Waals surface area contributed by atoms with E-state index in [1.54, 1.807) is 0 Å². The molecule has 0 bridgehead atoms. The normalized spacial score (nSPS) is 18.8. The molecule has 1 heterocycles. The third-order valence-corrected chi connectivity index (χ3v) is 3.59. The van der Waals surface area contributed by atoms with Crippen molar-refractivity contribution in [1.82, 2.24) is 10.6 Å². The van der Waals surface area contributed by atoms with Gasteiger partial charge in [-0.25, -0.2) is 0 Å². The Balaban J connectivity index is 1.78. The van der Waals surface area contributed by atoms with Crippen LogP contribution in [0.25, 0.3) is 0 Å². The predicted molar refractivity (Wildman–Crippen MR) is 86.3 cm³/mol. The second-order valence-electron chi connectivity index (χ2n) is 6.47. The Morgan fingerprint density at radius 1 is 1.41 bits per heavy atom. The summed E-state index contributed by atoms with van der Waals surface area (Å²) in [6, 6.07) is 7.78. The van der Waals surface area contributed by atoms with E-state index in [4.69, 9.17) is 9.47 Å². The highest BCUT2D eigenvalue weighted by atomic mass is 16.5. The molecule has 0 aliphatic carbocycles. The molecule has 1 atom stereocenters. The number of nitrogens with one attached hydrogen (secondary N) is 2. The molecule has 2 rings (SSSR count). The van der Waals surface area contributed by atoms with Crippen LogP contribution in [-0.4, -0.2) is 44.9 Å². The first kappa shape index (κ1) is 16.8. The van der Waals surface area contributed by atoms with Gasteiger partial charge in [0.05, 0.1) is 19.8 Å². The van der Waals surface area contributed by atoms with E-state index < -0.39 is 0 Å². The van der Waals surface area contributed by atoms with Crippen molar-refractivity contribution in [2.24, 2.45) is 0 Å². The first-order chi connectivity index (χ1) is 10.5. The predicted octanol–water partition coefficient (Wildman–Crippen LogP) is 1.47. The molecule has 1 fully saturated rings. The fourth-order valence-electron chi connectivity index (χ4n) is 2.40. The summed E-state index contributed by atoms with van der Waals surface area (Å²) >= 11 is 0. The molecule has 0 saturated carbocycles. The van der Waals surface area contributed by atoms with Crippen molar-refractivity contribution in [3.05, 3.63) is 29.8 Å². The SMILES string of the molecule is CC(C)(C)c1ccccc1OCCNC(=O)C1COCCN1. The fraction of sp³-hybridized carbons (Fsp3) is 0.588. The first-order valence-electron chi connectivity index (χ1n) is 7.79. The van der Waals surface area contributed by atoms with Crippen LogP contribution in [0.1, 0.15) is 26.3 Å². The van der Waals surface area contributed by atoms with Gasteiger partial charge < -0.3 is 20.1 Å². The van der Waals surface area contributed by atoms with Gasteiger partial charge in [0.25, 0.3) is 0 Å². The van der Waals surface area contributed by atoms with Gasteiger partial charge in [0.1, 0.15) is 18.4 Å². The molecule has 0 radical (unpaired) electrons. The summed E-state index contributed by atoms with van der Waals surface area (Å²) in [5.74, 6) is 0.843. The molecule has 2 N–H and O–H groups in total. The van der Waals surface area contributed by atoms with E-state index in [1.165, 1.54) is 5.56 Å².